The SMILES string of the molecule is C[C@@H]1CN(C(=O)c2ccc(Cn3cccn3)cc2)CCN1. The van der Waals surface area contributed by atoms with Crippen LogP contribution in [0.1, 0.15) is 22.8 Å². The Morgan fingerprint density at radius 2 is 2.19 bits per heavy atom. The van der Waals surface area contributed by atoms with Crippen LogP contribution in [0.15, 0.2) is 42.7 Å². The molecule has 0 saturated carbocycles. The molecule has 0 spiro atoms. The van der Waals surface area contributed by atoms with Crippen LogP contribution in [0.4, 0.5) is 0 Å². The Kier molecular flexibility index (Phi) is 4.01. The first-order chi connectivity index (χ1) is 10.2. The van der Waals surface area contributed by atoms with E-state index in [0.717, 1.165) is 37.3 Å². The van der Waals surface area contributed by atoms with E-state index >= 15 is 0 Å². The number of nitrogens with one attached hydrogen (secondary N) is 1. The number of carbonyl (C=O) groups is 1. The topological polar surface area (TPSA) is 50.2 Å². The summed E-state index contributed by atoms with van der Waals surface area (Å²) in [4.78, 5) is 14.4. The number of piperazine rings is 1. The van der Waals surface area contributed by atoms with Crippen molar-refractivity contribution in [1.82, 2.24) is 20.0 Å². The molecule has 0 aliphatic carbocycles. The van der Waals surface area contributed by atoms with Gasteiger partial charge in [-0.1, -0.05) is 12.1 Å². The van der Waals surface area contributed by atoms with Crippen LogP contribution in [0.5, 0.6) is 0 Å². The fourth-order valence-electron chi connectivity index (χ4n) is 2.63. The zero-order valence-corrected chi connectivity index (χ0v) is 12.2. The highest BCUT2D eigenvalue weighted by Crippen LogP contribution is 2.10. The zero-order chi connectivity index (χ0) is 14.7. The molecular formula is C16H20N4O. The number of carbonyl (C=O) groups excluding carboxylic acids is 1. The molecule has 1 atom stereocenters. The third-order valence-electron chi connectivity index (χ3n) is 3.76. The van der Waals surface area contributed by atoms with Crippen LogP contribution in [0.2, 0.25) is 0 Å². The van der Waals surface area contributed by atoms with E-state index in [1.807, 2.05) is 46.1 Å². The van der Waals surface area contributed by atoms with Crippen LogP contribution in [0.25, 0.3) is 0 Å². The van der Waals surface area contributed by atoms with Gasteiger partial charge in [-0.15, -0.1) is 0 Å². The molecule has 1 saturated heterocycles. The van der Waals surface area contributed by atoms with Crippen LogP contribution in [-0.2, 0) is 6.54 Å². The van der Waals surface area contributed by atoms with Gasteiger partial charge >= 0.3 is 0 Å². The Morgan fingerprint density at radius 3 is 2.86 bits per heavy atom. The van der Waals surface area contributed by atoms with Crippen LogP contribution < -0.4 is 5.32 Å². The van der Waals surface area contributed by atoms with Gasteiger partial charge in [0.2, 0.25) is 0 Å². The third kappa shape index (κ3) is 3.31. The molecule has 0 bridgehead atoms. The number of aromatic nitrogens is 2. The maximum atomic E-state index is 12.5. The van der Waals surface area contributed by atoms with Crippen LogP contribution in [-0.4, -0.2) is 46.3 Å². The summed E-state index contributed by atoms with van der Waals surface area (Å²) in [6, 6.07) is 10.1. The highest BCUT2D eigenvalue weighted by molar-refractivity contribution is 5.94. The summed E-state index contributed by atoms with van der Waals surface area (Å²) in [5, 5.41) is 7.53. The Morgan fingerprint density at radius 1 is 1.38 bits per heavy atom. The van der Waals surface area contributed by atoms with E-state index in [2.05, 4.69) is 17.3 Å². The van der Waals surface area contributed by atoms with E-state index in [1.165, 1.54) is 0 Å². The molecule has 0 radical (unpaired) electrons. The van der Waals surface area contributed by atoms with Gasteiger partial charge in [-0.25, -0.2) is 0 Å². The number of amides is 1. The maximum absolute atomic E-state index is 12.5. The molecule has 5 nitrogen and oxygen atoms in total. The number of hydrogen-bond acceptors (Lipinski definition) is 3. The van der Waals surface area contributed by atoms with Crippen molar-refractivity contribution < 1.29 is 4.79 Å². The van der Waals surface area contributed by atoms with Crippen molar-refractivity contribution in [1.29, 1.82) is 0 Å². The number of hydrogen-bond donors (Lipinski definition) is 1. The van der Waals surface area contributed by atoms with Crippen molar-refractivity contribution in [3.8, 4) is 0 Å². The van der Waals surface area contributed by atoms with Gasteiger partial charge in [0.05, 0.1) is 6.54 Å². The predicted molar refractivity (Wildman–Crippen MR) is 81.1 cm³/mol. The summed E-state index contributed by atoms with van der Waals surface area (Å²) < 4.78 is 1.87. The average Bonchev–Trinajstić information content (AvgIpc) is 3.00. The van der Waals surface area contributed by atoms with Gasteiger partial charge in [0.15, 0.2) is 0 Å². The van der Waals surface area contributed by atoms with Gasteiger partial charge in [0, 0.05) is 43.6 Å². The number of rotatable bonds is 3. The van der Waals surface area contributed by atoms with Gasteiger partial charge < -0.3 is 10.2 Å². The van der Waals surface area contributed by atoms with Crippen molar-refractivity contribution in [2.75, 3.05) is 19.6 Å². The van der Waals surface area contributed by atoms with E-state index in [9.17, 15) is 4.79 Å². The van der Waals surface area contributed by atoms with E-state index in [-0.39, 0.29) is 5.91 Å². The van der Waals surface area contributed by atoms with Crippen LogP contribution >= 0.6 is 0 Å². The zero-order valence-electron chi connectivity index (χ0n) is 12.2. The molecule has 1 aliphatic rings. The Balaban J connectivity index is 1.67. The molecule has 2 heterocycles. The normalized spacial score (nSPS) is 18.7. The summed E-state index contributed by atoms with van der Waals surface area (Å²) in [6.45, 7) is 5.25. The number of nitrogens with zero attached hydrogens (tertiary/aromatic N) is 3. The first-order valence-electron chi connectivity index (χ1n) is 7.31. The maximum Gasteiger partial charge on any atom is 0.253 e. The molecule has 3 rings (SSSR count). The van der Waals surface area contributed by atoms with Crippen molar-refractivity contribution in [3.05, 3.63) is 53.9 Å². The highest BCUT2D eigenvalue weighted by Gasteiger charge is 2.21. The summed E-state index contributed by atoms with van der Waals surface area (Å²) in [7, 11) is 0. The Labute approximate surface area is 124 Å². The summed E-state index contributed by atoms with van der Waals surface area (Å²) in [6.07, 6.45) is 3.70. The second kappa shape index (κ2) is 6.10. The van der Waals surface area contributed by atoms with Gasteiger partial charge in [0.25, 0.3) is 5.91 Å². The van der Waals surface area contributed by atoms with Crippen molar-refractivity contribution in [2.45, 2.75) is 19.5 Å². The lowest BCUT2D eigenvalue weighted by atomic mass is 10.1. The fourth-order valence-corrected chi connectivity index (χ4v) is 2.63. The van der Waals surface area contributed by atoms with Gasteiger partial charge in [-0.05, 0) is 30.7 Å². The van der Waals surface area contributed by atoms with Gasteiger partial charge in [-0.2, -0.15) is 5.10 Å². The molecular weight excluding hydrogens is 264 g/mol. The largest absolute Gasteiger partial charge is 0.336 e. The van der Waals surface area contributed by atoms with E-state index < -0.39 is 0 Å². The van der Waals surface area contributed by atoms with E-state index in [4.69, 9.17) is 0 Å². The third-order valence-corrected chi connectivity index (χ3v) is 3.76. The molecule has 1 N–H and O–H groups in total. The average molecular weight is 284 g/mol. The Bertz CT molecular complexity index is 591. The standard InChI is InChI=1S/C16H20N4O/c1-13-11-19(10-8-17-13)16(21)15-5-3-14(4-6-15)12-20-9-2-7-18-20/h2-7,9,13,17H,8,10-12H2,1H3/t13-/m1/s1. The van der Waals surface area contributed by atoms with Crippen molar-refractivity contribution in [3.63, 3.8) is 0 Å². The second-order valence-corrected chi connectivity index (χ2v) is 5.51. The number of benzene rings is 1. The quantitative estimate of drug-likeness (QED) is 0.926. The molecule has 21 heavy (non-hydrogen) atoms. The monoisotopic (exact) mass is 284 g/mol. The van der Waals surface area contributed by atoms with Crippen molar-refractivity contribution in [2.24, 2.45) is 0 Å². The molecule has 0 unspecified atom stereocenters. The molecule has 1 fully saturated rings. The summed E-state index contributed by atoms with van der Waals surface area (Å²) in [5.41, 5.74) is 1.90. The van der Waals surface area contributed by atoms with Crippen LogP contribution in [0.3, 0.4) is 0 Å². The molecule has 1 aromatic carbocycles. The van der Waals surface area contributed by atoms with Crippen molar-refractivity contribution >= 4 is 5.91 Å². The fraction of sp³-hybridized carbons (Fsp3) is 0.375. The first-order valence-corrected chi connectivity index (χ1v) is 7.31. The second-order valence-electron chi connectivity index (χ2n) is 5.51. The lowest BCUT2D eigenvalue weighted by Crippen LogP contribution is -2.51. The summed E-state index contributed by atoms with van der Waals surface area (Å²) >= 11 is 0. The minimum atomic E-state index is 0.119. The smallest absolute Gasteiger partial charge is 0.253 e. The molecule has 110 valence electrons. The van der Waals surface area contributed by atoms with E-state index in [1.54, 1.807) is 6.20 Å². The van der Waals surface area contributed by atoms with E-state index in [0.29, 0.717) is 6.04 Å². The molecule has 2 aromatic rings. The van der Waals surface area contributed by atoms with Gasteiger partial charge in [0.1, 0.15) is 0 Å². The minimum absolute atomic E-state index is 0.119. The summed E-state index contributed by atoms with van der Waals surface area (Å²) in [5.74, 6) is 0.119. The van der Waals surface area contributed by atoms with Crippen LogP contribution in [0, 0.1) is 0 Å². The molecule has 1 aliphatic heterocycles. The lowest BCUT2D eigenvalue weighted by Gasteiger charge is -2.32. The molecule has 1 amide bonds. The predicted octanol–water partition coefficient (Wildman–Crippen LogP) is 1.37. The first kappa shape index (κ1) is 13.8. The minimum Gasteiger partial charge on any atom is -0.336 e. The molecule has 5 heteroatoms. The van der Waals surface area contributed by atoms with Gasteiger partial charge in [-0.3, -0.25) is 9.48 Å². The highest BCUT2D eigenvalue weighted by atomic mass is 16.2. The lowest BCUT2D eigenvalue weighted by molar-refractivity contribution is 0.0709. The Hall–Kier alpha value is -2.14. The molecule has 1 aromatic heterocycles.